The summed E-state index contributed by atoms with van der Waals surface area (Å²) in [6.07, 6.45) is 0. The van der Waals surface area contributed by atoms with Crippen LogP contribution >= 0.6 is 23.2 Å². The Balaban J connectivity index is 1.74. The molecule has 1 aliphatic heterocycles. The highest BCUT2D eigenvalue weighted by molar-refractivity contribution is 7.89. The first kappa shape index (κ1) is 26.4. The molecule has 0 saturated carbocycles. The maximum atomic E-state index is 13.2. The second-order valence-electron chi connectivity index (χ2n) is 8.12. The van der Waals surface area contributed by atoms with Crippen LogP contribution in [0.15, 0.2) is 41.3 Å². The molecule has 10 heteroatoms. The van der Waals surface area contributed by atoms with Gasteiger partial charge in [0.25, 0.3) is 0 Å². The predicted octanol–water partition coefficient (Wildman–Crippen LogP) is 3.18. The third-order valence-corrected chi connectivity index (χ3v) is 8.05. The van der Waals surface area contributed by atoms with Gasteiger partial charge in [0, 0.05) is 49.2 Å². The van der Waals surface area contributed by atoms with Gasteiger partial charge in [-0.2, -0.15) is 4.31 Å². The second kappa shape index (κ2) is 12.0. The molecule has 1 aliphatic rings. The normalized spacial score (nSPS) is 16.8. The van der Waals surface area contributed by atoms with Gasteiger partial charge in [-0.25, -0.2) is 8.42 Å². The minimum absolute atomic E-state index is 0.0349. The molecule has 0 amide bonds. The number of hydrogen-bond donors (Lipinski definition) is 1. The van der Waals surface area contributed by atoms with Crippen LogP contribution < -0.4 is 5.73 Å². The average Bonchev–Trinajstić information content (AvgIpc) is 2.78. The monoisotopic (exact) mass is 515 g/mol. The molecule has 2 aromatic rings. The van der Waals surface area contributed by atoms with E-state index in [0.29, 0.717) is 36.4 Å². The van der Waals surface area contributed by atoms with Gasteiger partial charge in [-0.3, -0.25) is 0 Å². The van der Waals surface area contributed by atoms with E-state index in [4.69, 9.17) is 38.4 Å². The molecular formula is C23H31Cl2N3O4S. The number of benzene rings is 2. The number of hydrogen-bond acceptors (Lipinski definition) is 6. The SMILES string of the molecule is CN1Cc2c(Cl)cc(Cl)cc2[C@H](c2cccc(S(=O)(=O)N(C)CCOCCOCCN)c2)C1. The highest BCUT2D eigenvalue weighted by atomic mass is 35.5. The summed E-state index contributed by atoms with van der Waals surface area (Å²) >= 11 is 12.8. The van der Waals surface area contributed by atoms with Crippen molar-refractivity contribution in [2.24, 2.45) is 5.73 Å². The summed E-state index contributed by atoms with van der Waals surface area (Å²) in [6, 6.07) is 10.8. The van der Waals surface area contributed by atoms with Crippen LogP contribution in [0.3, 0.4) is 0 Å². The topological polar surface area (TPSA) is 85.1 Å². The summed E-state index contributed by atoms with van der Waals surface area (Å²) < 4.78 is 38.4. The highest BCUT2D eigenvalue weighted by Crippen LogP contribution is 2.38. The number of nitrogens with zero attached hydrogens (tertiary/aromatic N) is 2. The Morgan fingerprint density at radius 3 is 2.58 bits per heavy atom. The first-order valence-corrected chi connectivity index (χ1v) is 13.0. The van der Waals surface area contributed by atoms with Crippen molar-refractivity contribution in [2.75, 3.05) is 60.2 Å². The molecule has 2 N–H and O–H groups in total. The third-order valence-electron chi connectivity index (χ3n) is 5.65. The van der Waals surface area contributed by atoms with Crippen LogP contribution in [0.2, 0.25) is 10.0 Å². The van der Waals surface area contributed by atoms with E-state index >= 15 is 0 Å². The van der Waals surface area contributed by atoms with E-state index in [0.717, 1.165) is 29.8 Å². The van der Waals surface area contributed by atoms with Crippen molar-refractivity contribution in [1.29, 1.82) is 0 Å². The lowest BCUT2D eigenvalue weighted by Crippen LogP contribution is -2.32. The van der Waals surface area contributed by atoms with Crippen LogP contribution in [0.25, 0.3) is 0 Å². The highest BCUT2D eigenvalue weighted by Gasteiger charge is 2.28. The molecule has 1 atom stereocenters. The summed E-state index contributed by atoms with van der Waals surface area (Å²) in [5.41, 5.74) is 8.33. The first-order valence-electron chi connectivity index (χ1n) is 10.8. The lowest BCUT2D eigenvalue weighted by Gasteiger charge is -2.33. The van der Waals surface area contributed by atoms with Crippen molar-refractivity contribution in [3.63, 3.8) is 0 Å². The average molecular weight is 516 g/mol. The number of fused-ring (bicyclic) bond motifs is 1. The molecular weight excluding hydrogens is 485 g/mol. The molecule has 0 aliphatic carbocycles. The molecule has 1 heterocycles. The minimum atomic E-state index is -3.67. The summed E-state index contributed by atoms with van der Waals surface area (Å²) in [7, 11) is -0.0897. The van der Waals surface area contributed by atoms with Crippen LogP contribution in [0.1, 0.15) is 22.6 Å². The largest absolute Gasteiger partial charge is 0.378 e. The van der Waals surface area contributed by atoms with E-state index in [1.807, 2.05) is 19.2 Å². The van der Waals surface area contributed by atoms with Gasteiger partial charge in [-0.15, -0.1) is 0 Å². The molecule has 0 fully saturated rings. The van der Waals surface area contributed by atoms with Gasteiger partial charge in [0.2, 0.25) is 10.0 Å². The molecule has 0 saturated heterocycles. The van der Waals surface area contributed by atoms with Gasteiger partial charge >= 0.3 is 0 Å². The molecule has 0 aromatic heterocycles. The Morgan fingerprint density at radius 1 is 1.12 bits per heavy atom. The van der Waals surface area contributed by atoms with Crippen molar-refractivity contribution in [3.05, 3.63) is 63.1 Å². The van der Waals surface area contributed by atoms with Crippen molar-refractivity contribution in [2.45, 2.75) is 17.4 Å². The van der Waals surface area contributed by atoms with E-state index < -0.39 is 10.0 Å². The van der Waals surface area contributed by atoms with Crippen molar-refractivity contribution < 1.29 is 17.9 Å². The Morgan fingerprint density at radius 2 is 1.85 bits per heavy atom. The van der Waals surface area contributed by atoms with E-state index in [1.165, 1.54) is 4.31 Å². The summed E-state index contributed by atoms with van der Waals surface area (Å²) in [4.78, 5) is 2.42. The number of ether oxygens (including phenoxy) is 2. The van der Waals surface area contributed by atoms with E-state index in [1.54, 1.807) is 31.3 Å². The number of halogens is 2. The quantitative estimate of drug-likeness (QED) is 0.462. The Hall–Kier alpha value is -1.23. The Kier molecular flexibility index (Phi) is 9.55. The zero-order chi connectivity index (χ0) is 24.0. The van der Waals surface area contributed by atoms with E-state index in [9.17, 15) is 8.42 Å². The van der Waals surface area contributed by atoms with Crippen molar-refractivity contribution >= 4 is 33.2 Å². The standard InChI is InChI=1S/C23H31Cl2N3O4S/c1-27-15-21(20-13-18(24)14-23(25)22(20)16-27)17-4-3-5-19(12-17)33(29,30)28(2)7-9-32-11-10-31-8-6-26/h3-5,12-14,21H,6-11,15-16,26H2,1-2H3/t21-/m0/s1. The first-order chi connectivity index (χ1) is 15.7. The van der Waals surface area contributed by atoms with Gasteiger partial charge in [-0.1, -0.05) is 35.3 Å². The summed E-state index contributed by atoms with van der Waals surface area (Å²) in [5, 5.41) is 1.20. The molecule has 0 radical (unpaired) electrons. The van der Waals surface area contributed by atoms with Gasteiger partial charge in [0.15, 0.2) is 0 Å². The second-order valence-corrected chi connectivity index (χ2v) is 11.0. The zero-order valence-electron chi connectivity index (χ0n) is 19.0. The van der Waals surface area contributed by atoms with Crippen LogP contribution in [0, 0.1) is 0 Å². The van der Waals surface area contributed by atoms with Crippen LogP contribution in [0.4, 0.5) is 0 Å². The zero-order valence-corrected chi connectivity index (χ0v) is 21.3. The fourth-order valence-electron chi connectivity index (χ4n) is 3.92. The Labute approximate surface area is 206 Å². The number of sulfonamides is 1. The van der Waals surface area contributed by atoms with Gasteiger partial charge in [0.05, 0.1) is 31.3 Å². The van der Waals surface area contributed by atoms with Crippen LogP contribution in [0.5, 0.6) is 0 Å². The summed E-state index contributed by atoms with van der Waals surface area (Å²) in [6.45, 7) is 3.74. The lowest BCUT2D eigenvalue weighted by molar-refractivity contribution is 0.0484. The van der Waals surface area contributed by atoms with Crippen molar-refractivity contribution in [1.82, 2.24) is 9.21 Å². The fourth-order valence-corrected chi connectivity index (χ4v) is 5.70. The maximum absolute atomic E-state index is 13.2. The number of rotatable bonds is 11. The van der Waals surface area contributed by atoms with Crippen LogP contribution in [-0.4, -0.2) is 77.8 Å². The lowest BCUT2D eigenvalue weighted by atomic mass is 9.85. The molecule has 3 rings (SSSR count). The maximum Gasteiger partial charge on any atom is 0.242 e. The molecule has 0 spiro atoms. The molecule has 0 unspecified atom stereocenters. The minimum Gasteiger partial charge on any atom is -0.378 e. The summed E-state index contributed by atoms with van der Waals surface area (Å²) in [5.74, 6) is -0.0349. The molecule has 7 nitrogen and oxygen atoms in total. The van der Waals surface area contributed by atoms with Gasteiger partial charge < -0.3 is 20.1 Å². The molecule has 182 valence electrons. The van der Waals surface area contributed by atoms with E-state index in [2.05, 4.69) is 4.90 Å². The Bertz CT molecular complexity index is 1050. The van der Waals surface area contributed by atoms with E-state index in [-0.39, 0.29) is 24.0 Å². The van der Waals surface area contributed by atoms with Gasteiger partial charge in [-0.05, 0) is 48.0 Å². The fraction of sp³-hybridized carbons (Fsp3) is 0.478. The number of nitrogens with two attached hydrogens (primary N) is 1. The van der Waals surface area contributed by atoms with Crippen LogP contribution in [-0.2, 0) is 26.0 Å². The third kappa shape index (κ3) is 6.68. The molecule has 33 heavy (non-hydrogen) atoms. The molecule has 2 aromatic carbocycles. The molecule has 0 bridgehead atoms. The van der Waals surface area contributed by atoms with Gasteiger partial charge in [0.1, 0.15) is 0 Å². The predicted molar refractivity (Wildman–Crippen MR) is 132 cm³/mol. The van der Waals surface area contributed by atoms with Crippen molar-refractivity contribution in [3.8, 4) is 0 Å². The smallest absolute Gasteiger partial charge is 0.242 e. The number of likely N-dealkylation sites (N-methyl/N-ethyl adjacent to an activating group) is 2.